The van der Waals surface area contributed by atoms with E-state index >= 15 is 0 Å². The zero-order valence-electron chi connectivity index (χ0n) is 7.32. The Morgan fingerprint density at radius 2 is 2.23 bits per heavy atom. The molecule has 4 heteroatoms. The molecule has 1 N–H and O–H groups in total. The van der Waals surface area contributed by atoms with Crippen LogP contribution in [0.25, 0.3) is 0 Å². The topological polar surface area (TPSA) is 36.3 Å². The Balaban J connectivity index is 2.04. The zero-order chi connectivity index (χ0) is 9.10. The van der Waals surface area contributed by atoms with Crippen molar-refractivity contribution in [1.82, 2.24) is 4.90 Å². The van der Waals surface area contributed by atoms with Gasteiger partial charge in [-0.3, -0.25) is 5.41 Å². The fourth-order valence-electron chi connectivity index (χ4n) is 1.36. The van der Waals surface area contributed by atoms with E-state index in [1.165, 1.54) is 0 Å². The van der Waals surface area contributed by atoms with Crippen LogP contribution >= 0.6 is 11.3 Å². The average molecular weight is 196 g/mol. The minimum atomic E-state index is 0.637. The minimum absolute atomic E-state index is 0.637. The molecule has 13 heavy (non-hydrogen) atoms. The van der Waals surface area contributed by atoms with E-state index in [0.29, 0.717) is 5.84 Å². The Hall–Kier alpha value is -0.870. The van der Waals surface area contributed by atoms with Crippen molar-refractivity contribution in [1.29, 1.82) is 5.41 Å². The molecule has 1 saturated heterocycles. The van der Waals surface area contributed by atoms with Crippen LogP contribution in [0.15, 0.2) is 17.5 Å². The number of morpholine rings is 1. The molecule has 1 aliphatic rings. The molecule has 1 aromatic heterocycles. The smallest absolute Gasteiger partial charge is 0.138 e. The SMILES string of the molecule is N=C(c1cccs1)N1CCOCC1. The van der Waals surface area contributed by atoms with Crippen molar-refractivity contribution in [3.05, 3.63) is 22.4 Å². The summed E-state index contributed by atoms with van der Waals surface area (Å²) in [6, 6.07) is 3.97. The quantitative estimate of drug-likeness (QED) is 0.544. The number of nitrogens with one attached hydrogen (secondary N) is 1. The van der Waals surface area contributed by atoms with Crippen molar-refractivity contribution < 1.29 is 4.74 Å². The molecule has 3 nitrogen and oxygen atoms in total. The highest BCUT2D eigenvalue weighted by atomic mass is 32.1. The fourth-order valence-corrected chi connectivity index (χ4v) is 2.06. The van der Waals surface area contributed by atoms with Crippen molar-refractivity contribution in [2.24, 2.45) is 0 Å². The highest BCUT2D eigenvalue weighted by Gasteiger charge is 2.15. The van der Waals surface area contributed by atoms with Gasteiger partial charge in [-0.25, -0.2) is 0 Å². The van der Waals surface area contributed by atoms with E-state index in [1.807, 2.05) is 17.5 Å². The summed E-state index contributed by atoms with van der Waals surface area (Å²) in [5.41, 5.74) is 0. The molecular formula is C9H12N2OS. The van der Waals surface area contributed by atoms with Crippen LogP contribution in [0.3, 0.4) is 0 Å². The summed E-state index contributed by atoms with van der Waals surface area (Å²) in [5, 5.41) is 9.93. The molecule has 1 aromatic rings. The number of rotatable bonds is 1. The van der Waals surface area contributed by atoms with Crippen LogP contribution in [0, 0.1) is 5.41 Å². The Labute approximate surface area is 81.4 Å². The van der Waals surface area contributed by atoms with E-state index in [4.69, 9.17) is 10.1 Å². The highest BCUT2D eigenvalue weighted by molar-refractivity contribution is 7.12. The van der Waals surface area contributed by atoms with Gasteiger partial charge < -0.3 is 9.64 Å². The molecule has 0 spiro atoms. The van der Waals surface area contributed by atoms with Crippen LogP contribution in [0.1, 0.15) is 4.88 Å². The summed E-state index contributed by atoms with van der Waals surface area (Å²) in [6.07, 6.45) is 0. The number of ether oxygens (including phenoxy) is 1. The molecule has 1 aliphatic heterocycles. The molecule has 0 saturated carbocycles. The van der Waals surface area contributed by atoms with E-state index in [1.54, 1.807) is 11.3 Å². The van der Waals surface area contributed by atoms with Crippen molar-refractivity contribution >= 4 is 17.2 Å². The first-order valence-electron chi connectivity index (χ1n) is 4.33. The lowest BCUT2D eigenvalue weighted by molar-refractivity contribution is 0.0680. The number of hydrogen-bond donors (Lipinski definition) is 1. The maximum atomic E-state index is 7.92. The molecule has 0 unspecified atom stereocenters. The van der Waals surface area contributed by atoms with Crippen LogP contribution in [-0.4, -0.2) is 37.0 Å². The van der Waals surface area contributed by atoms with Gasteiger partial charge in [0.05, 0.1) is 18.1 Å². The first kappa shape index (κ1) is 8.72. The van der Waals surface area contributed by atoms with Gasteiger partial charge in [0, 0.05) is 13.1 Å². The van der Waals surface area contributed by atoms with Crippen LogP contribution in [0.2, 0.25) is 0 Å². The lowest BCUT2D eigenvalue weighted by atomic mass is 10.3. The van der Waals surface area contributed by atoms with Crippen LogP contribution in [0.4, 0.5) is 0 Å². The number of amidine groups is 1. The average Bonchev–Trinajstić information content (AvgIpc) is 2.71. The molecular weight excluding hydrogens is 184 g/mol. The van der Waals surface area contributed by atoms with Gasteiger partial charge in [0.2, 0.25) is 0 Å². The summed E-state index contributed by atoms with van der Waals surface area (Å²) in [6.45, 7) is 3.18. The lowest BCUT2D eigenvalue weighted by Crippen LogP contribution is -2.40. The van der Waals surface area contributed by atoms with E-state index in [9.17, 15) is 0 Å². The summed E-state index contributed by atoms with van der Waals surface area (Å²) < 4.78 is 5.23. The Morgan fingerprint density at radius 3 is 2.85 bits per heavy atom. The van der Waals surface area contributed by atoms with Crippen molar-refractivity contribution in [3.8, 4) is 0 Å². The zero-order valence-corrected chi connectivity index (χ0v) is 8.14. The van der Waals surface area contributed by atoms with Gasteiger partial charge in [-0.1, -0.05) is 6.07 Å². The second-order valence-corrected chi connectivity index (χ2v) is 3.87. The normalized spacial score (nSPS) is 17.4. The van der Waals surface area contributed by atoms with Crippen molar-refractivity contribution in [2.45, 2.75) is 0 Å². The molecule has 0 aliphatic carbocycles. The second kappa shape index (κ2) is 3.89. The Bertz CT molecular complexity index is 278. The van der Waals surface area contributed by atoms with Gasteiger partial charge in [-0.2, -0.15) is 0 Å². The van der Waals surface area contributed by atoms with Gasteiger partial charge in [0.1, 0.15) is 5.84 Å². The summed E-state index contributed by atoms with van der Waals surface area (Å²) in [7, 11) is 0. The minimum Gasteiger partial charge on any atom is -0.378 e. The first-order chi connectivity index (χ1) is 6.38. The summed E-state index contributed by atoms with van der Waals surface area (Å²) in [4.78, 5) is 3.11. The van der Waals surface area contributed by atoms with Crippen LogP contribution < -0.4 is 0 Å². The van der Waals surface area contributed by atoms with Gasteiger partial charge in [0.15, 0.2) is 0 Å². The van der Waals surface area contributed by atoms with Gasteiger partial charge >= 0.3 is 0 Å². The van der Waals surface area contributed by atoms with E-state index in [0.717, 1.165) is 31.2 Å². The maximum absolute atomic E-state index is 7.92. The standard InChI is InChI=1S/C9H12N2OS/c10-9(8-2-1-7-13-8)11-3-5-12-6-4-11/h1-2,7,10H,3-6H2. The monoisotopic (exact) mass is 196 g/mol. The summed E-state index contributed by atoms with van der Waals surface area (Å²) >= 11 is 1.62. The molecule has 2 rings (SSSR count). The van der Waals surface area contributed by atoms with E-state index in [2.05, 4.69) is 4.90 Å². The van der Waals surface area contributed by atoms with Crippen LogP contribution in [-0.2, 0) is 4.74 Å². The lowest BCUT2D eigenvalue weighted by Gasteiger charge is -2.28. The van der Waals surface area contributed by atoms with E-state index < -0.39 is 0 Å². The second-order valence-electron chi connectivity index (χ2n) is 2.93. The fraction of sp³-hybridized carbons (Fsp3) is 0.444. The van der Waals surface area contributed by atoms with Gasteiger partial charge in [0.25, 0.3) is 0 Å². The Kier molecular flexibility index (Phi) is 2.61. The maximum Gasteiger partial charge on any atom is 0.138 e. The molecule has 0 radical (unpaired) electrons. The van der Waals surface area contributed by atoms with Gasteiger partial charge in [-0.05, 0) is 11.4 Å². The molecule has 0 aromatic carbocycles. The number of nitrogens with zero attached hydrogens (tertiary/aromatic N) is 1. The predicted octanol–water partition coefficient (Wildman–Crippen LogP) is 1.41. The first-order valence-corrected chi connectivity index (χ1v) is 5.21. The largest absolute Gasteiger partial charge is 0.378 e. The van der Waals surface area contributed by atoms with Gasteiger partial charge in [-0.15, -0.1) is 11.3 Å². The molecule has 70 valence electrons. The molecule has 1 fully saturated rings. The predicted molar refractivity (Wildman–Crippen MR) is 53.5 cm³/mol. The molecule has 2 heterocycles. The van der Waals surface area contributed by atoms with Crippen molar-refractivity contribution in [2.75, 3.05) is 26.3 Å². The molecule has 0 amide bonds. The molecule has 0 atom stereocenters. The summed E-state index contributed by atoms with van der Waals surface area (Å²) in [5.74, 6) is 0.637. The Morgan fingerprint density at radius 1 is 1.46 bits per heavy atom. The number of hydrogen-bond acceptors (Lipinski definition) is 3. The van der Waals surface area contributed by atoms with Crippen molar-refractivity contribution in [3.63, 3.8) is 0 Å². The highest BCUT2D eigenvalue weighted by Crippen LogP contribution is 2.12. The van der Waals surface area contributed by atoms with Crippen LogP contribution in [0.5, 0.6) is 0 Å². The molecule has 0 bridgehead atoms. The van der Waals surface area contributed by atoms with E-state index in [-0.39, 0.29) is 0 Å². The third kappa shape index (κ3) is 1.89. The third-order valence-electron chi connectivity index (χ3n) is 2.08. The number of thiophene rings is 1. The third-order valence-corrected chi connectivity index (χ3v) is 2.96.